The molecule has 1 aliphatic carbocycles. The van der Waals surface area contributed by atoms with Gasteiger partial charge in [0.25, 0.3) is 0 Å². The number of carbonyl (C=O) groups is 1. The number of hydrogen-bond donors (Lipinski definition) is 2. The van der Waals surface area contributed by atoms with Crippen molar-refractivity contribution in [3.05, 3.63) is 23.5 Å². The number of halogens is 1. The normalized spacial score (nSPS) is 15.9. The number of rotatable bonds is 5. The first-order chi connectivity index (χ1) is 9.01. The molecule has 0 saturated heterocycles. The van der Waals surface area contributed by atoms with Gasteiger partial charge >= 0.3 is 5.97 Å². The maximum Gasteiger partial charge on any atom is 0.340 e. The Labute approximate surface area is 115 Å². The molecule has 0 spiro atoms. The van der Waals surface area contributed by atoms with Gasteiger partial charge in [-0.3, -0.25) is 0 Å². The molecule has 2 rings (SSSR count). The molecule has 0 heterocycles. The number of nitrogen functional groups attached to an aromatic ring is 1. The van der Waals surface area contributed by atoms with Crippen LogP contribution in [0.5, 0.6) is 0 Å². The summed E-state index contributed by atoms with van der Waals surface area (Å²) in [5.74, 6) is -1.02. The summed E-state index contributed by atoms with van der Waals surface area (Å²) in [7, 11) is 1.27. The van der Waals surface area contributed by atoms with Crippen molar-refractivity contribution in [1.29, 1.82) is 0 Å². The van der Waals surface area contributed by atoms with Crippen LogP contribution in [0.25, 0.3) is 0 Å². The minimum absolute atomic E-state index is 0.0842. The van der Waals surface area contributed by atoms with Crippen molar-refractivity contribution in [2.24, 2.45) is 0 Å². The molecule has 19 heavy (non-hydrogen) atoms. The van der Waals surface area contributed by atoms with Gasteiger partial charge in [-0.05, 0) is 31.2 Å². The number of esters is 1. The number of nitrogens with two attached hydrogens (primary N) is 1. The van der Waals surface area contributed by atoms with E-state index < -0.39 is 11.8 Å². The Morgan fingerprint density at radius 3 is 2.79 bits per heavy atom. The number of ether oxygens (including phenoxy) is 1. The van der Waals surface area contributed by atoms with Crippen molar-refractivity contribution in [2.45, 2.75) is 17.6 Å². The number of hydrogen-bond acceptors (Lipinski definition) is 5. The Balaban J connectivity index is 2.17. The van der Waals surface area contributed by atoms with E-state index in [9.17, 15) is 9.18 Å². The highest BCUT2D eigenvalue weighted by atomic mass is 32.2. The van der Waals surface area contributed by atoms with Crippen LogP contribution >= 0.6 is 11.8 Å². The molecule has 1 aromatic rings. The van der Waals surface area contributed by atoms with E-state index in [4.69, 9.17) is 5.73 Å². The lowest BCUT2D eigenvalue weighted by Gasteiger charge is -2.16. The third kappa shape index (κ3) is 2.94. The van der Waals surface area contributed by atoms with Crippen LogP contribution in [0.15, 0.2) is 12.1 Å². The van der Waals surface area contributed by atoms with E-state index in [1.54, 1.807) is 11.8 Å². The molecule has 3 N–H and O–H groups in total. The summed E-state index contributed by atoms with van der Waals surface area (Å²) in [6.45, 7) is 0.676. The highest BCUT2D eigenvalue weighted by Gasteiger charge is 2.41. The molecule has 1 saturated carbocycles. The SMILES string of the molecule is COC(=O)c1cc(NCC2(SC)CC2)c(F)cc1N. The summed E-state index contributed by atoms with van der Waals surface area (Å²) in [6, 6.07) is 2.56. The molecule has 0 aromatic heterocycles. The highest BCUT2D eigenvalue weighted by molar-refractivity contribution is 8.00. The molecule has 4 nitrogen and oxygen atoms in total. The van der Waals surface area contributed by atoms with Gasteiger partial charge in [0, 0.05) is 17.0 Å². The van der Waals surface area contributed by atoms with Crippen molar-refractivity contribution in [3.8, 4) is 0 Å². The third-order valence-electron chi connectivity index (χ3n) is 3.39. The van der Waals surface area contributed by atoms with E-state index in [1.165, 1.54) is 13.2 Å². The number of benzene rings is 1. The summed E-state index contributed by atoms with van der Waals surface area (Å²) in [5, 5.41) is 3.05. The number of nitrogens with one attached hydrogen (secondary N) is 1. The molecule has 0 bridgehead atoms. The fourth-order valence-electron chi connectivity index (χ4n) is 1.86. The monoisotopic (exact) mass is 284 g/mol. The zero-order valence-electron chi connectivity index (χ0n) is 11.0. The maximum atomic E-state index is 13.8. The lowest BCUT2D eigenvalue weighted by atomic mass is 10.1. The van der Waals surface area contributed by atoms with Gasteiger partial charge in [-0.2, -0.15) is 11.8 Å². The van der Waals surface area contributed by atoms with Gasteiger partial charge in [0.05, 0.1) is 18.4 Å². The largest absolute Gasteiger partial charge is 0.465 e. The minimum Gasteiger partial charge on any atom is -0.465 e. The molecule has 1 aromatic carbocycles. The first-order valence-electron chi connectivity index (χ1n) is 5.98. The van der Waals surface area contributed by atoms with Crippen LogP contribution in [0.1, 0.15) is 23.2 Å². The predicted molar refractivity (Wildman–Crippen MR) is 76.1 cm³/mol. The van der Waals surface area contributed by atoms with Crippen molar-refractivity contribution in [1.82, 2.24) is 0 Å². The summed E-state index contributed by atoms with van der Waals surface area (Å²) in [4.78, 5) is 11.5. The van der Waals surface area contributed by atoms with Crippen molar-refractivity contribution < 1.29 is 13.9 Å². The highest BCUT2D eigenvalue weighted by Crippen LogP contribution is 2.47. The minimum atomic E-state index is -0.563. The summed E-state index contributed by atoms with van der Waals surface area (Å²) in [5.41, 5.74) is 6.17. The van der Waals surface area contributed by atoms with Crippen LogP contribution in [-0.2, 0) is 4.74 Å². The number of thioether (sulfide) groups is 1. The molecule has 0 atom stereocenters. The van der Waals surface area contributed by atoms with Gasteiger partial charge in [0.2, 0.25) is 0 Å². The van der Waals surface area contributed by atoms with E-state index in [1.807, 2.05) is 6.26 Å². The topological polar surface area (TPSA) is 64.3 Å². The zero-order valence-corrected chi connectivity index (χ0v) is 11.8. The lowest BCUT2D eigenvalue weighted by Crippen LogP contribution is -2.18. The quantitative estimate of drug-likeness (QED) is 0.642. The van der Waals surface area contributed by atoms with E-state index in [0.29, 0.717) is 6.54 Å². The van der Waals surface area contributed by atoms with Gasteiger partial charge in [-0.25, -0.2) is 9.18 Å². The molecule has 1 aliphatic rings. The van der Waals surface area contributed by atoms with E-state index >= 15 is 0 Å². The average molecular weight is 284 g/mol. The third-order valence-corrected chi connectivity index (χ3v) is 4.80. The second-order valence-electron chi connectivity index (χ2n) is 4.65. The molecule has 0 radical (unpaired) electrons. The zero-order chi connectivity index (χ0) is 14.0. The molecule has 0 unspecified atom stereocenters. The Bertz CT molecular complexity index is 504. The Morgan fingerprint density at radius 2 is 2.26 bits per heavy atom. The Kier molecular flexibility index (Phi) is 3.89. The van der Waals surface area contributed by atoms with Gasteiger partial charge < -0.3 is 15.8 Å². The molecule has 0 aliphatic heterocycles. The lowest BCUT2D eigenvalue weighted by molar-refractivity contribution is 0.0602. The van der Waals surface area contributed by atoms with Crippen LogP contribution in [0.3, 0.4) is 0 Å². The summed E-state index contributed by atoms with van der Waals surface area (Å²) >= 11 is 1.78. The molecule has 0 amide bonds. The van der Waals surface area contributed by atoms with Crippen LogP contribution in [0.4, 0.5) is 15.8 Å². The van der Waals surface area contributed by atoms with Crippen molar-refractivity contribution >= 4 is 29.1 Å². The first kappa shape index (κ1) is 14.0. The molecular formula is C13H17FN2O2S. The molecule has 1 fully saturated rings. The fraction of sp³-hybridized carbons (Fsp3) is 0.462. The standard InChI is InChI=1S/C13H17FN2O2S/c1-18-12(17)8-5-11(9(14)6-10(8)15)16-7-13(19-2)3-4-13/h5-6,16H,3-4,7,15H2,1-2H3. The molecule has 104 valence electrons. The second kappa shape index (κ2) is 5.28. The maximum absolute atomic E-state index is 13.8. The average Bonchev–Trinajstić information content (AvgIpc) is 3.17. The smallest absolute Gasteiger partial charge is 0.340 e. The summed E-state index contributed by atoms with van der Waals surface area (Å²) < 4.78 is 18.6. The predicted octanol–water partition coefficient (Wildman–Crippen LogP) is 2.50. The molecule has 6 heteroatoms. The van der Waals surface area contributed by atoms with Crippen LogP contribution in [0.2, 0.25) is 0 Å². The Hall–Kier alpha value is -1.43. The second-order valence-corrected chi connectivity index (χ2v) is 5.93. The van der Waals surface area contributed by atoms with Crippen LogP contribution in [-0.4, -0.2) is 30.6 Å². The number of carbonyl (C=O) groups excluding carboxylic acids is 1. The van der Waals surface area contributed by atoms with Crippen LogP contribution in [0, 0.1) is 5.82 Å². The Morgan fingerprint density at radius 1 is 1.58 bits per heavy atom. The van der Waals surface area contributed by atoms with E-state index in [-0.39, 0.29) is 21.7 Å². The van der Waals surface area contributed by atoms with Crippen molar-refractivity contribution in [2.75, 3.05) is 31.0 Å². The van der Waals surface area contributed by atoms with Gasteiger partial charge in [-0.15, -0.1) is 0 Å². The van der Waals surface area contributed by atoms with Crippen LogP contribution < -0.4 is 11.1 Å². The fourth-order valence-corrected chi connectivity index (χ4v) is 2.59. The number of methoxy groups -OCH3 is 1. The van der Waals surface area contributed by atoms with Crippen molar-refractivity contribution in [3.63, 3.8) is 0 Å². The van der Waals surface area contributed by atoms with E-state index in [2.05, 4.69) is 10.1 Å². The summed E-state index contributed by atoms with van der Waals surface area (Å²) in [6.07, 6.45) is 4.30. The molecular weight excluding hydrogens is 267 g/mol. The number of anilines is 2. The first-order valence-corrected chi connectivity index (χ1v) is 7.20. The van der Waals surface area contributed by atoms with E-state index in [0.717, 1.165) is 18.9 Å². The van der Waals surface area contributed by atoms with Gasteiger partial charge in [-0.1, -0.05) is 0 Å². The van der Waals surface area contributed by atoms with Gasteiger partial charge in [0.15, 0.2) is 0 Å². The van der Waals surface area contributed by atoms with Gasteiger partial charge in [0.1, 0.15) is 5.82 Å².